The fourth-order valence-electron chi connectivity index (χ4n) is 1.22. The van der Waals surface area contributed by atoms with Gasteiger partial charge in [-0.25, -0.2) is 14.8 Å². The van der Waals surface area contributed by atoms with Gasteiger partial charge in [0, 0.05) is 12.4 Å². The Kier molecular flexibility index (Phi) is 2.78. The standard InChI is InChI=1S/C10H8ClN3O/c11-9-4-1-3-8(13-9)7-14-6-2-5-12-10(14)15/h1-6H,7H2. The summed E-state index contributed by atoms with van der Waals surface area (Å²) < 4.78 is 1.47. The largest absolute Gasteiger partial charge is 0.347 e. The number of rotatable bonds is 2. The maximum atomic E-state index is 11.3. The Bertz CT molecular complexity index is 524. The van der Waals surface area contributed by atoms with Crippen LogP contribution in [0.3, 0.4) is 0 Å². The summed E-state index contributed by atoms with van der Waals surface area (Å²) >= 11 is 5.74. The first kappa shape index (κ1) is 9.86. The van der Waals surface area contributed by atoms with Crippen molar-refractivity contribution in [3.8, 4) is 0 Å². The van der Waals surface area contributed by atoms with Crippen molar-refractivity contribution >= 4 is 11.6 Å². The zero-order chi connectivity index (χ0) is 10.7. The van der Waals surface area contributed by atoms with E-state index in [1.807, 2.05) is 6.07 Å². The second-order valence-corrected chi connectivity index (χ2v) is 3.37. The van der Waals surface area contributed by atoms with Crippen molar-refractivity contribution in [3.63, 3.8) is 0 Å². The van der Waals surface area contributed by atoms with Gasteiger partial charge in [0.05, 0.1) is 12.2 Å². The molecule has 0 aliphatic rings. The van der Waals surface area contributed by atoms with Crippen molar-refractivity contribution in [2.45, 2.75) is 6.54 Å². The first-order valence-electron chi connectivity index (χ1n) is 4.38. The van der Waals surface area contributed by atoms with E-state index in [1.54, 1.807) is 24.4 Å². The molecule has 15 heavy (non-hydrogen) atoms. The lowest BCUT2D eigenvalue weighted by atomic mass is 10.3. The number of pyridine rings is 1. The molecule has 0 amide bonds. The van der Waals surface area contributed by atoms with E-state index in [-0.39, 0.29) is 5.69 Å². The van der Waals surface area contributed by atoms with E-state index >= 15 is 0 Å². The lowest BCUT2D eigenvalue weighted by Gasteiger charge is -2.03. The fraction of sp³-hybridized carbons (Fsp3) is 0.100. The quantitative estimate of drug-likeness (QED) is 0.719. The minimum Gasteiger partial charge on any atom is -0.293 e. The molecule has 0 unspecified atom stereocenters. The molecule has 2 aromatic rings. The van der Waals surface area contributed by atoms with Crippen molar-refractivity contribution in [2.75, 3.05) is 0 Å². The average molecular weight is 222 g/mol. The molecular weight excluding hydrogens is 214 g/mol. The average Bonchev–Trinajstić information content (AvgIpc) is 2.22. The van der Waals surface area contributed by atoms with Crippen LogP contribution in [-0.4, -0.2) is 14.5 Å². The van der Waals surface area contributed by atoms with Gasteiger partial charge in [-0.15, -0.1) is 0 Å². The molecule has 2 heterocycles. The van der Waals surface area contributed by atoms with Crippen molar-refractivity contribution in [1.82, 2.24) is 14.5 Å². The molecule has 76 valence electrons. The Labute approximate surface area is 91.2 Å². The molecule has 0 aromatic carbocycles. The summed E-state index contributed by atoms with van der Waals surface area (Å²) in [6.45, 7) is 0.382. The van der Waals surface area contributed by atoms with Crippen molar-refractivity contribution in [2.24, 2.45) is 0 Å². The smallest absolute Gasteiger partial charge is 0.293 e. The van der Waals surface area contributed by atoms with Gasteiger partial charge in [0.15, 0.2) is 0 Å². The molecule has 0 N–H and O–H groups in total. The summed E-state index contributed by atoms with van der Waals surface area (Å²) in [4.78, 5) is 19.0. The summed E-state index contributed by atoms with van der Waals surface area (Å²) in [5.74, 6) is 0. The van der Waals surface area contributed by atoms with Gasteiger partial charge in [-0.3, -0.25) is 4.57 Å². The molecule has 0 aliphatic carbocycles. The van der Waals surface area contributed by atoms with E-state index in [9.17, 15) is 4.79 Å². The second kappa shape index (κ2) is 4.23. The predicted molar refractivity (Wildman–Crippen MR) is 56.8 cm³/mol. The molecule has 5 heteroatoms. The summed E-state index contributed by atoms with van der Waals surface area (Å²) in [7, 11) is 0. The number of halogens is 1. The van der Waals surface area contributed by atoms with Crippen molar-refractivity contribution in [1.29, 1.82) is 0 Å². The maximum Gasteiger partial charge on any atom is 0.347 e. The zero-order valence-corrected chi connectivity index (χ0v) is 8.55. The zero-order valence-electron chi connectivity index (χ0n) is 7.80. The fourth-order valence-corrected chi connectivity index (χ4v) is 1.40. The van der Waals surface area contributed by atoms with Gasteiger partial charge in [-0.05, 0) is 18.2 Å². The van der Waals surface area contributed by atoms with Crippen LogP contribution in [-0.2, 0) is 6.54 Å². The van der Waals surface area contributed by atoms with Crippen molar-refractivity contribution < 1.29 is 0 Å². The SMILES string of the molecule is O=c1ncccn1Cc1cccc(Cl)n1. The van der Waals surface area contributed by atoms with Crippen LogP contribution >= 0.6 is 11.6 Å². The molecule has 0 saturated carbocycles. The van der Waals surface area contributed by atoms with E-state index < -0.39 is 0 Å². The highest BCUT2D eigenvalue weighted by molar-refractivity contribution is 6.29. The van der Waals surface area contributed by atoms with Crippen molar-refractivity contribution in [3.05, 3.63) is 58.0 Å². The third-order valence-electron chi connectivity index (χ3n) is 1.89. The Balaban J connectivity index is 2.30. The first-order valence-corrected chi connectivity index (χ1v) is 4.76. The van der Waals surface area contributed by atoms with Gasteiger partial charge in [0.25, 0.3) is 0 Å². The van der Waals surface area contributed by atoms with Crippen LogP contribution < -0.4 is 5.69 Å². The van der Waals surface area contributed by atoms with E-state index in [1.165, 1.54) is 10.8 Å². The highest BCUT2D eigenvalue weighted by Crippen LogP contribution is 2.05. The minimum absolute atomic E-state index is 0.292. The molecule has 0 radical (unpaired) electrons. The molecule has 0 spiro atoms. The molecular formula is C10H8ClN3O. The van der Waals surface area contributed by atoms with Crippen LogP contribution in [0, 0.1) is 0 Å². The molecule has 0 saturated heterocycles. The normalized spacial score (nSPS) is 10.2. The topological polar surface area (TPSA) is 47.8 Å². The van der Waals surface area contributed by atoms with Crippen LogP contribution in [0.25, 0.3) is 0 Å². The van der Waals surface area contributed by atoms with Gasteiger partial charge in [-0.1, -0.05) is 17.7 Å². The number of hydrogen-bond donors (Lipinski definition) is 0. The third-order valence-corrected chi connectivity index (χ3v) is 2.10. The van der Waals surface area contributed by atoms with Gasteiger partial charge >= 0.3 is 5.69 Å². The highest BCUT2D eigenvalue weighted by atomic mass is 35.5. The lowest BCUT2D eigenvalue weighted by Crippen LogP contribution is -2.22. The maximum absolute atomic E-state index is 11.3. The molecule has 2 aromatic heterocycles. The number of nitrogens with zero attached hydrogens (tertiary/aromatic N) is 3. The van der Waals surface area contributed by atoms with Crippen LogP contribution in [0.1, 0.15) is 5.69 Å². The highest BCUT2D eigenvalue weighted by Gasteiger charge is 1.99. The van der Waals surface area contributed by atoms with E-state index in [2.05, 4.69) is 9.97 Å². The molecule has 0 bridgehead atoms. The number of hydrogen-bond acceptors (Lipinski definition) is 3. The lowest BCUT2D eigenvalue weighted by molar-refractivity contribution is 0.711. The first-order chi connectivity index (χ1) is 7.25. The Hall–Kier alpha value is -1.68. The molecule has 4 nitrogen and oxygen atoms in total. The van der Waals surface area contributed by atoms with Crippen LogP contribution in [0.5, 0.6) is 0 Å². The van der Waals surface area contributed by atoms with Crippen LogP contribution in [0.4, 0.5) is 0 Å². The summed E-state index contributed by atoms with van der Waals surface area (Å²) in [5, 5.41) is 0.421. The van der Waals surface area contributed by atoms with E-state index in [0.717, 1.165) is 5.69 Å². The summed E-state index contributed by atoms with van der Waals surface area (Å²) in [6.07, 6.45) is 3.13. The third kappa shape index (κ3) is 2.41. The van der Waals surface area contributed by atoms with Gasteiger partial charge < -0.3 is 0 Å². The second-order valence-electron chi connectivity index (χ2n) is 2.98. The van der Waals surface area contributed by atoms with Crippen LogP contribution in [0.2, 0.25) is 5.15 Å². The summed E-state index contributed by atoms with van der Waals surface area (Å²) in [5.41, 5.74) is 0.442. The molecule has 0 atom stereocenters. The molecule has 0 fully saturated rings. The Morgan fingerprint density at radius 1 is 1.33 bits per heavy atom. The van der Waals surface area contributed by atoms with Gasteiger partial charge in [0.1, 0.15) is 5.15 Å². The Morgan fingerprint density at radius 3 is 2.93 bits per heavy atom. The Morgan fingerprint density at radius 2 is 2.20 bits per heavy atom. The van der Waals surface area contributed by atoms with Gasteiger partial charge in [0.2, 0.25) is 0 Å². The van der Waals surface area contributed by atoms with E-state index in [4.69, 9.17) is 11.6 Å². The van der Waals surface area contributed by atoms with Gasteiger partial charge in [-0.2, -0.15) is 0 Å². The number of aromatic nitrogens is 3. The van der Waals surface area contributed by atoms with Crippen LogP contribution in [0.15, 0.2) is 41.5 Å². The molecule has 2 rings (SSSR count). The minimum atomic E-state index is -0.292. The predicted octanol–water partition coefficient (Wildman–Crippen LogP) is 1.34. The molecule has 0 aliphatic heterocycles. The monoisotopic (exact) mass is 221 g/mol. The summed E-state index contributed by atoms with van der Waals surface area (Å²) in [6, 6.07) is 7.00. The van der Waals surface area contributed by atoms with E-state index in [0.29, 0.717) is 11.7 Å².